The lowest BCUT2D eigenvalue weighted by atomic mass is 10.2. The summed E-state index contributed by atoms with van der Waals surface area (Å²) in [6.07, 6.45) is 2.64. The van der Waals surface area contributed by atoms with Crippen molar-refractivity contribution in [2.75, 3.05) is 61.2 Å². The van der Waals surface area contributed by atoms with E-state index in [2.05, 4.69) is 42.2 Å². The summed E-state index contributed by atoms with van der Waals surface area (Å²) in [5.74, 6) is 1.24. The summed E-state index contributed by atoms with van der Waals surface area (Å²) in [6, 6.07) is 10.6. The van der Waals surface area contributed by atoms with Gasteiger partial charge in [-0.3, -0.25) is 4.79 Å². The number of benzene rings is 1. The summed E-state index contributed by atoms with van der Waals surface area (Å²) < 4.78 is 33.3. The second-order valence-corrected chi connectivity index (χ2v) is 10.5. The highest BCUT2D eigenvalue weighted by molar-refractivity contribution is 7.87. The van der Waals surface area contributed by atoms with Crippen LogP contribution in [0.4, 0.5) is 34.6 Å². The smallest absolute Gasteiger partial charge is 0.279 e. The van der Waals surface area contributed by atoms with Gasteiger partial charge in [0.15, 0.2) is 5.82 Å². The molecule has 39 heavy (non-hydrogen) atoms. The highest BCUT2D eigenvalue weighted by atomic mass is 35.5. The minimum absolute atomic E-state index is 0.247. The molecule has 4 N–H and O–H groups in total. The number of hydrogen-bond acceptors (Lipinski definition) is 10. The largest absolute Gasteiger partial charge is 0.479 e. The number of ether oxygens (including phenoxy) is 1. The summed E-state index contributed by atoms with van der Waals surface area (Å²) in [6.45, 7) is 5.09. The fourth-order valence-corrected chi connectivity index (χ4v) is 4.82. The molecule has 4 rings (SSSR count). The average Bonchev–Trinajstić information content (AvgIpc) is 2.95. The van der Waals surface area contributed by atoms with E-state index in [1.807, 2.05) is 11.0 Å². The molecule has 1 fully saturated rings. The number of carbonyl (C=O) groups is 1. The van der Waals surface area contributed by atoms with Gasteiger partial charge >= 0.3 is 0 Å². The maximum Gasteiger partial charge on any atom is 0.279 e. The quantitative estimate of drug-likeness (QED) is 0.266. The highest BCUT2D eigenvalue weighted by Crippen LogP contribution is 2.30. The molecule has 1 amide bonds. The molecule has 0 atom stereocenters. The molecule has 1 aliphatic heterocycles. The van der Waals surface area contributed by atoms with Crippen molar-refractivity contribution in [3.8, 4) is 5.88 Å². The summed E-state index contributed by atoms with van der Waals surface area (Å²) >= 11 is 6.32. The second-order valence-electron chi connectivity index (χ2n) is 8.24. The fourth-order valence-electron chi connectivity index (χ4n) is 3.78. The number of hydrogen-bond donors (Lipinski definition) is 4. The lowest BCUT2D eigenvalue weighted by molar-refractivity contribution is -0.111. The number of pyridine rings is 1. The van der Waals surface area contributed by atoms with E-state index >= 15 is 0 Å². The van der Waals surface area contributed by atoms with Gasteiger partial charge in [0.05, 0.1) is 13.3 Å². The Morgan fingerprint density at radius 1 is 1.10 bits per heavy atom. The summed E-state index contributed by atoms with van der Waals surface area (Å²) in [7, 11) is -0.565. The number of carbonyl (C=O) groups excluding carboxylic acids is 1. The third-order valence-electron chi connectivity index (χ3n) is 5.77. The van der Waals surface area contributed by atoms with Crippen LogP contribution in [0.1, 0.15) is 0 Å². The Hall–Kier alpha value is -3.98. The van der Waals surface area contributed by atoms with Crippen molar-refractivity contribution in [1.82, 2.24) is 24.0 Å². The Labute approximate surface area is 231 Å². The van der Waals surface area contributed by atoms with Crippen molar-refractivity contribution >= 4 is 62.4 Å². The predicted molar refractivity (Wildman–Crippen MR) is 151 cm³/mol. The molecule has 206 valence electrons. The zero-order valence-corrected chi connectivity index (χ0v) is 22.9. The summed E-state index contributed by atoms with van der Waals surface area (Å²) in [5, 5.41) is 9.21. The Kier molecular flexibility index (Phi) is 8.81. The van der Waals surface area contributed by atoms with Crippen LogP contribution in [-0.4, -0.2) is 73.9 Å². The molecule has 1 aliphatic rings. The van der Waals surface area contributed by atoms with E-state index in [0.29, 0.717) is 65.8 Å². The number of nitrogens with one attached hydrogen (secondary N) is 4. The molecular formula is C24H28ClN9O4S. The van der Waals surface area contributed by atoms with Crippen molar-refractivity contribution in [2.45, 2.75) is 0 Å². The van der Waals surface area contributed by atoms with Crippen molar-refractivity contribution in [2.24, 2.45) is 0 Å². The Balaban J connectivity index is 1.47. The number of rotatable bonds is 10. The number of piperazine rings is 1. The van der Waals surface area contributed by atoms with Crippen molar-refractivity contribution in [3.63, 3.8) is 0 Å². The van der Waals surface area contributed by atoms with Crippen LogP contribution in [0.5, 0.6) is 5.88 Å². The summed E-state index contributed by atoms with van der Waals surface area (Å²) in [5.41, 5.74) is 1.75. The molecule has 3 heterocycles. The second kappa shape index (κ2) is 12.3. The average molecular weight is 574 g/mol. The molecule has 0 saturated carbocycles. The van der Waals surface area contributed by atoms with Gasteiger partial charge in [0.1, 0.15) is 16.5 Å². The minimum Gasteiger partial charge on any atom is -0.479 e. The molecule has 0 radical (unpaired) electrons. The third-order valence-corrected chi connectivity index (χ3v) is 7.61. The van der Waals surface area contributed by atoms with Crippen molar-refractivity contribution < 1.29 is 17.9 Å². The third kappa shape index (κ3) is 6.92. The standard InChI is InChI=1S/C24H28ClN9O4S/c1-4-21(35)28-16-6-5-7-17(14-16)29-22-18(25)15-27-24(32-22)30-19-8-9-20(31-23(19)38-3)33-10-12-34(13-11-33)39(36,37)26-2/h4-9,14-15,26H,1,10-13H2,2-3H3,(H,28,35)(H2,27,29,30,32). The van der Waals surface area contributed by atoms with Crippen molar-refractivity contribution in [1.29, 1.82) is 0 Å². The molecule has 2 aromatic heterocycles. The number of methoxy groups -OCH3 is 1. The van der Waals surface area contributed by atoms with E-state index in [9.17, 15) is 13.2 Å². The molecule has 15 heteroatoms. The van der Waals surface area contributed by atoms with Gasteiger partial charge in [-0.15, -0.1) is 0 Å². The van der Waals surface area contributed by atoms with Gasteiger partial charge in [-0.2, -0.15) is 22.7 Å². The van der Waals surface area contributed by atoms with Crippen LogP contribution in [-0.2, 0) is 15.0 Å². The molecular weight excluding hydrogens is 546 g/mol. The topological polar surface area (TPSA) is 154 Å². The lowest BCUT2D eigenvalue weighted by Crippen LogP contribution is -2.51. The van der Waals surface area contributed by atoms with Crippen LogP contribution in [0, 0.1) is 0 Å². The molecule has 0 bridgehead atoms. The minimum atomic E-state index is -3.46. The summed E-state index contributed by atoms with van der Waals surface area (Å²) in [4.78, 5) is 26.9. The fraction of sp³-hybridized carbons (Fsp3) is 0.250. The maximum absolute atomic E-state index is 12.0. The van der Waals surface area contributed by atoms with Gasteiger partial charge < -0.3 is 25.6 Å². The van der Waals surface area contributed by atoms with Crippen LogP contribution < -0.4 is 30.3 Å². The number of amides is 1. The Morgan fingerprint density at radius 2 is 1.85 bits per heavy atom. The van der Waals surface area contributed by atoms with Gasteiger partial charge in [-0.25, -0.2) is 9.71 Å². The molecule has 1 aromatic carbocycles. The first-order valence-corrected chi connectivity index (χ1v) is 13.6. The van der Waals surface area contributed by atoms with Crippen LogP contribution in [0.2, 0.25) is 5.02 Å². The normalized spacial score (nSPS) is 14.0. The van der Waals surface area contributed by atoms with E-state index in [4.69, 9.17) is 16.3 Å². The zero-order valence-electron chi connectivity index (χ0n) is 21.3. The van der Waals surface area contributed by atoms with Gasteiger partial charge in [-0.05, 0) is 36.4 Å². The van der Waals surface area contributed by atoms with E-state index in [0.717, 1.165) is 0 Å². The Bertz CT molecular complexity index is 1460. The number of anilines is 6. The zero-order chi connectivity index (χ0) is 28.0. The van der Waals surface area contributed by atoms with Crippen LogP contribution in [0.3, 0.4) is 0 Å². The first-order chi connectivity index (χ1) is 18.7. The molecule has 3 aromatic rings. The van der Waals surface area contributed by atoms with Gasteiger partial charge in [0.25, 0.3) is 10.2 Å². The first-order valence-electron chi connectivity index (χ1n) is 11.8. The van der Waals surface area contributed by atoms with E-state index in [1.54, 1.807) is 30.3 Å². The molecule has 0 aliphatic carbocycles. The van der Waals surface area contributed by atoms with Crippen LogP contribution in [0.15, 0.2) is 55.3 Å². The predicted octanol–water partition coefficient (Wildman–Crippen LogP) is 2.73. The monoisotopic (exact) mass is 573 g/mol. The van der Waals surface area contributed by atoms with Gasteiger partial charge in [-0.1, -0.05) is 24.2 Å². The van der Waals surface area contributed by atoms with Crippen LogP contribution >= 0.6 is 11.6 Å². The van der Waals surface area contributed by atoms with Crippen molar-refractivity contribution in [3.05, 3.63) is 60.3 Å². The van der Waals surface area contributed by atoms with Crippen LogP contribution in [0.25, 0.3) is 0 Å². The first kappa shape index (κ1) is 28.0. The molecule has 13 nitrogen and oxygen atoms in total. The van der Waals surface area contributed by atoms with E-state index in [1.165, 1.54) is 30.7 Å². The highest BCUT2D eigenvalue weighted by Gasteiger charge is 2.26. The maximum atomic E-state index is 12.0. The number of halogens is 1. The SMILES string of the molecule is C=CC(=O)Nc1cccc(Nc2nc(Nc3ccc(N4CCN(S(=O)(=O)NC)CC4)nc3OC)ncc2Cl)c1. The molecule has 1 saturated heterocycles. The van der Waals surface area contributed by atoms with E-state index < -0.39 is 10.2 Å². The molecule has 0 spiro atoms. The van der Waals surface area contributed by atoms with E-state index in [-0.39, 0.29) is 11.9 Å². The molecule has 0 unspecified atom stereocenters. The lowest BCUT2D eigenvalue weighted by Gasteiger charge is -2.34. The van der Waals surface area contributed by atoms with Gasteiger partial charge in [0, 0.05) is 44.6 Å². The number of nitrogens with zero attached hydrogens (tertiary/aromatic N) is 5. The Morgan fingerprint density at radius 3 is 2.54 bits per heavy atom. The van der Waals surface area contributed by atoms with Gasteiger partial charge in [0.2, 0.25) is 17.7 Å². The number of aromatic nitrogens is 3.